The number of esters is 1. The molecule has 1 heterocycles. The summed E-state index contributed by atoms with van der Waals surface area (Å²) in [4.78, 5) is 16.4. The number of halogens is 3. The van der Waals surface area contributed by atoms with Crippen LogP contribution in [0.5, 0.6) is 11.5 Å². The first-order valence-electron chi connectivity index (χ1n) is 8.57. The zero-order valence-corrected chi connectivity index (χ0v) is 17.6. The Morgan fingerprint density at radius 3 is 2.55 bits per heavy atom. The van der Waals surface area contributed by atoms with Gasteiger partial charge in [0, 0.05) is 31.4 Å². The standard InChI is InChI=1S/C20H17Cl3N2O4/c1-29-20(28)18-12(19(23)16(27)9-15(18)26)3-5-17-24-6-7-25(17)10-11-2-4-13(21)14(22)8-11/h2,4,6-9,26-27H,3,5,10H2,1H3. The summed E-state index contributed by atoms with van der Waals surface area (Å²) in [7, 11) is 1.20. The Labute approximate surface area is 182 Å². The Bertz CT molecular complexity index is 1070. The largest absolute Gasteiger partial charge is 0.507 e. The molecule has 2 N–H and O–H groups in total. The monoisotopic (exact) mass is 454 g/mol. The summed E-state index contributed by atoms with van der Waals surface area (Å²) >= 11 is 18.2. The fourth-order valence-corrected chi connectivity index (χ4v) is 3.60. The number of methoxy groups -OCH3 is 1. The van der Waals surface area contributed by atoms with E-state index in [0.29, 0.717) is 28.6 Å². The maximum atomic E-state index is 12.1. The molecule has 9 heteroatoms. The number of nitrogens with zero attached hydrogens (tertiary/aromatic N) is 2. The minimum Gasteiger partial charge on any atom is -0.507 e. The minimum absolute atomic E-state index is 0.00853. The Hall–Kier alpha value is -2.41. The number of phenolic OH excluding ortho intramolecular Hbond substituents is 2. The van der Waals surface area contributed by atoms with Gasteiger partial charge in [0.15, 0.2) is 0 Å². The Morgan fingerprint density at radius 2 is 1.86 bits per heavy atom. The zero-order chi connectivity index (χ0) is 21.1. The third-order valence-electron chi connectivity index (χ3n) is 4.45. The Kier molecular flexibility index (Phi) is 6.57. The highest BCUT2D eigenvalue weighted by Crippen LogP contribution is 2.37. The molecule has 0 bridgehead atoms. The van der Waals surface area contributed by atoms with Crippen LogP contribution < -0.4 is 0 Å². The average molecular weight is 456 g/mol. The van der Waals surface area contributed by atoms with Crippen molar-refractivity contribution in [2.75, 3.05) is 7.11 Å². The second-order valence-corrected chi connectivity index (χ2v) is 7.49. The lowest BCUT2D eigenvalue weighted by Crippen LogP contribution is -2.10. The normalized spacial score (nSPS) is 10.9. The molecule has 152 valence electrons. The third kappa shape index (κ3) is 4.61. The molecule has 2 aromatic carbocycles. The SMILES string of the molecule is COC(=O)c1c(O)cc(O)c(Cl)c1CCc1nccn1Cc1ccc(Cl)c(Cl)c1. The van der Waals surface area contributed by atoms with E-state index in [0.717, 1.165) is 17.5 Å². The minimum atomic E-state index is -0.737. The molecule has 0 aliphatic carbocycles. The molecule has 1 aromatic heterocycles. The van der Waals surface area contributed by atoms with Crippen molar-refractivity contribution < 1.29 is 19.7 Å². The van der Waals surface area contributed by atoms with E-state index in [4.69, 9.17) is 39.5 Å². The molecule has 29 heavy (non-hydrogen) atoms. The summed E-state index contributed by atoms with van der Waals surface area (Å²) in [6, 6.07) is 6.40. The molecule has 0 aliphatic rings. The first-order valence-corrected chi connectivity index (χ1v) is 9.70. The number of aromatic hydroxyl groups is 2. The molecular formula is C20H17Cl3N2O4. The number of ether oxygens (including phenoxy) is 1. The molecule has 0 saturated heterocycles. The van der Waals surface area contributed by atoms with Crippen LogP contribution in [-0.4, -0.2) is 32.8 Å². The molecule has 0 saturated carbocycles. The predicted molar refractivity (Wildman–Crippen MR) is 111 cm³/mol. The summed E-state index contributed by atoms with van der Waals surface area (Å²) in [5.41, 5.74) is 1.17. The topological polar surface area (TPSA) is 84.6 Å². The highest BCUT2D eigenvalue weighted by Gasteiger charge is 2.23. The van der Waals surface area contributed by atoms with Gasteiger partial charge in [-0.3, -0.25) is 0 Å². The predicted octanol–water partition coefficient (Wildman–Crippen LogP) is 4.87. The van der Waals surface area contributed by atoms with Crippen LogP contribution >= 0.6 is 34.8 Å². The van der Waals surface area contributed by atoms with Crippen molar-refractivity contribution in [3.63, 3.8) is 0 Å². The highest BCUT2D eigenvalue weighted by molar-refractivity contribution is 6.42. The van der Waals surface area contributed by atoms with Gasteiger partial charge >= 0.3 is 5.97 Å². The quantitative estimate of drug-likeness (QED) is 0.518. The second kappa shape index (κ2) is 8.95. The number of carbonyl (C=O) groups excluding carboxylic acids is 1. The van der Waals surface area contributed by atoms with Crippen molar-refractivity contribution in [1.82, 2.24) is 9.55 Å². The first kappa shape index (κ1) is 21.3. The highest BCUT2D eigenvalue weighted by atomic mass is 35.5. The van der Waals surface area contributed by atoms with Gasteiger partial charge in [-0.1, -0.05) is 40.9 Å². The number of phenols is 2. The summed E-state index contributed by atoms with van der Waals surface area (Å²) in [5, 5.41) is 21.0. The number of hydrogen-bond acceptors (Lipinski definition) is 5. The average Bonchev–Trinajstić information content (AvgIpc) is 3.12. The van der Waals surface area contributed by atoms with Gasteiger partial charge in [0.25, 0.3) is 0 Å². The van der Waals surface area contributed by atoms with E-state index in [1.54, 1.807) is 18.3 Å². The molecule has 3 aromatic rings. The Balaban J connectivity index is 1.86. The molecule has 0 spiro atoms. The second-order valence-electron chi connectivity index (χ2n) is 6.29. The van der Waals surface area contributed by atoms with Gasteiger partial charge in [-0.05, 0) is 29.7 Å². The van der Waals surface area contributed by atoms with Gasteiger partial charge in [-0.15, -0.1) is 0 Å². The van der Waals surface area contributed by atoms with Gasteiger partial charge < -0.3 is 19.5 Å². The van der Waals surface area contributed by atoms with Gasteiger partial charge in [0.05, 0.1) is 22.2 Å². The third-order valence-corrected chi connectivity index (χ3v) is 5.61. The fourth-order valence-electron chi connectivity index (χ4n) is 3.03. The summed E-state index contributed by atoms with van der Waals surface area (Å²) in [6.45, 7) is 0.523. The number of aryl methyl sites for hydroxylation is 1. The number of rotatable bonds is 6. The van der Waals surface area contributed by atoms with Crippen LogP contribution in [0.15, 0.2) is 36.7 Å². The van der Waals surface area contributed by atoms with Crippen molar-refractivity contribution in [3.05, 3.63) is 74.2 Å². The van der Waals surface area contributed by atoms with Crippen molar-refractivity contribution in [1.29, 1.82) is 0 Å². The lowest BCUT2D eigenvalue weighted by Gasteiger charge is -2.14. The molecule has 0 aliphatic heterocycles. The van der Waals surface area contributed by atoms with Crippen LogP contribution in [0.2, 0.25) is 15.1 Å². The van der Waals surface area contributed by atoms with Crippen molar-refractivity contribution in [3.8, 4) is 11.5 Å². The van der Waals surface area contributed by atoms with Gasteiger partial charge in [0.2, 0.25) is 0 Å². The van der Waals surface area contributed by atoms with E-state index in [1.165, 1.54) is 7.11 Å². The molecule has 0 amide bonds. The fraction of sp³-hybridized carbons (Fsp3) is 0.200. The number of benzene rings is 2. The molecule has 0 radical (unpaired) electrons. The van der Waals surface area contributed by atoms with E-state index in [1.807, 2.05) is 16.8 Å². The number of aromatic nitrogens is 2. The van der Waals surface area contributed by atoms with Crippen LogP contribution in [0, 0.1) is 0 Å². The van der Waals surface area contributed by atoms with Crippen LogP contribution in [0.4, 0.5) is 0 Å². The van der Waals surface area contributed by atoms with Gasteiger partial charge in [-0.2, -0.15) is 0 Å². The summed E-state index contributed by atoms with van der Waals surface area (Å²) in [6.07, 6.45) is 4.14. The summed E-state index contributed by atoms with van der Waals surface area (Å²) in [5.74, 6) is -0.719. The van der Waals surface area contributed by atoms with Gasteiger partial charge in [0.1, 0.15) is 22.9 Å². The number of carbonyl (C=O) groups is 1. The first-order chi connectivity index (χ1) is 13.8. The zero-order valence-electron chi connectivity index (χ0n) is 15.3. The smallest absolute Gasteiger partial charge is 0.341 e. The molecule has 0 atom stereocenters. The molecule has 3 rings (SSSR count). The van der Waals surface area contributed by atoms with Crippen molar-refractivity contribution >= 4 is 40.8 Å². The van der Waals surface area contributed by atoms with Crippen molar-refractivity contribution in [2.24, 2.45) is 0 Å². The number of hydrogen-bond donors (Lipinski definition) is 2. The summed E-state index contributed by atoms with van der Waals surface area (Å²) < 4.78 is 6.65. The molecule has 0 unspecified atom stereocenters. The van der Waals surface area contributed by atoms with Crippen LogP contribution in [0.25, 0.3) is 0 Å². The molecular weight excluding hydrogens is 439 g/mol. The lowest BCUT2D eigenvalue weighted by molar-refractivity contribution is 0.0596. The van der Waals surface area contributed by atoms with E-state index in [9.17, 15) is 15.0 Å². The van der Waals surface area contributed by atoms with Crippen LogP contribution in [0.3, 0.4) is 0 Å². The maximum absolute atomic E-state index is 12.1. The molecule has 0 fully saturated rings. The van der Waals surface area contributed by atoms with Crippen LogP contribution in [-0.2, 0) is 24.1 Å². The van der Waals surface area contributed by atoms with E-state index in [2.05, 4.69) is 4.98 Å². The van der Waals surface area contributed by atoms with Crippen LogP contribution in [0.1, 0.15) is 27.3 Å². The lowest BCUT2D eigenvalue weighted by atomic mass is 10.0. The number of imidazole rings is 1. The molecule has 6 nitrogen and oxygen atoms in total. The van der Waals surface area contributed by atoms with Crippen molar-refractivity contribution in [2.45, 2.75) is 19.4 Å². The maximum Gasteiger partial charge on any atom is 0.341 e. The van der Waals surface area contributed by atoms with E-state index < -0.39 is 11.7 Å². The van der Waals surface area contributed by atoms with E-state index >= 15 is 0 Å². The van der Waals surface area contributed by atoms with E-state index in [-0.39, 0.29) is 22.8 Å². The van der Waals surface area contributed by atoms with Gasteiger partial charge in [-0.25, -0.2) is 9.78 Å². The Morgan fingerprint density at radius 1 is 1.10 bits per heavy atom.